The van der Waals surface area contributed by atoms with Crippen molar-refractivity contribution in [3.63, 3.8) is 0 Å². The molecule has 2 atom stereocenters. The summed E-state index contributed by atoms with van der Waals surface area (Å²) in [5, 5.41) is 0. The molecule has 0 spiro atoms. The molecule has 0 saturated carbocycles. The van der Waals surface area contributed by atoms with Crippen LogP contribution in [-0.2, 0) is 9.47 Å². The van der Waals surface area contributed by atoms with Gasteiger partial charge in [0.25, 0.3) is 0 Å². The van der Waals surface area contributed by atoms with Gasteiger partial charge in [-0.1, -0.05) is 0 Å². The Hall–Kier alpha value is 0.517. The Labute approximate surface area is 97.9 Å². The van der Waals surface area contributed by atoms with E-state index in [4.69, 9.17) is 9.47 Å². The van der Waals surface area contributed by atoms with Crippen LogP contribution in [0.25, 0.3) is 0 Å². The molecule has 14 heavy (non-hydrogen) atoms. The quantitative estimate of drug-likeness (QED) is 0.319. The number of hydrogen-bond donors (Lipinski definition) is 0. The Kier molecular flexibility index (Phi) is 10.4. The third-order valence-electron chi connectivity index (χ3n) is 2.23. The molecule has 0 saturated heterocycles. The maximum atomic E-state index is 5.31. The van der Waals surface area contributed by atoms with Crippen LogP contribution in [-0.4, -0.2) is 37.7 Å². The van der Waals surface area contributed by atoms with Crippen molar-refractivity contribution >= 4 is 17.7 Å². The molecular formula is C11H23LiO2. The standard InChI is InChI=1S/C11H23O2.Li/c1-4-7-11(3)8-6-9-13-10-12-5-2;/h4,11H,5-10H2,1-3H3;. The van der Waals surface area contributed by atoms with E-state index in [1.54, 1.807) is 0 Å². The van der Waals surface area contributed by atoms with Gasteiger partial charge in [-0.25, -0.2) is 0 Å². The molecule has 0 aliphatic heterocycles. The second-order valence-electron chi connectivity index (χ2n) is 4.40. The van der Waals surface area contributed by atoms with E-state index in [1.807, 2.05) is 6.92 Å². The number of hydrogen-bond acceptors (Lipinski definition) is 2. The van der Waals surface area contributed by atoms with Crippen molar-refractivity contribution in [3.05, 3.63) is 0 Å². The third kappa shape index (κ3) is 10.6. The van der Waals surface area contributed by atoms with E-state index in [2.05, 4.69) is 31.6 Å². The van der Waals surface area contributed by atoms with Gasteiger partial charge in [-0.2, -0.15) is 0 Å². The predicted molar refractivity (Wildman–Crippen MR) is 60.6 cm³/mol. The molecule has 0 aromatic heterocycles. The Morgan fingerprint density at radius 2 is 1.93 bits per heavy atom. The van der Waals surface area contributed by atoms with E-state index in [0.29, 0.717) is 6.79 Å². The van der Waals surface area contributed by atoms with Crippen molar-refractivity contribution in [2.75, 3.05) is 20.0 Å². The van der Waals surface area contributed by atoms with E-state index in [1.165, 1.54) is 12.8 Å². The van der Waals surface area contributed by atoms with Crippen LogP contribution < -0.4 is 0 Å². The zero-order valence-electron chi connectivity index (χ0n) is 10.2. The van der Waals surface area contributed by atoms with Gasteiger partial charge in [0.15, 0.2) is 0 Å². The third-order valence-corrected chi connectivity index (χ3v) is 2.23. The Morgan fingerprint density at radius 1 is 1.21 bits per heavy atom. The molecule has 0 amide bonds. The summed E-state index contributed by atoms with van der Waals surface area (Å²) >= 11 is 2.28. The van der Waals surface area contributed by atoms with Crippen LogP contribution in [0.4, 0.5) is 0 Å². The van der Waals surface area contributed by atoms with E-state index in [9.17, 15) is 0 Å². The summed E-state index contributed by atoms with van der Waals surface area (Å²) in [5.41, 5.74) is 0. The predicted octanol–water partition coefficient (Wildman–Crippen LogP) is 2.78. The van der Waals surface area contributed by atoms with Crippen LogP contribution in [0, 0.1) is 5.92 Å². The first-order valence-corrected chi connectivity index (χ1v) is 5.82. The second-order valence-corrected chi connectivity index (χ2v) is 4.40. The Bertz CT molecular complexity index is 118. The van der Waals surface area contributed by atoms with E-state index in [-0.39, 0.29) is 0 Å². The van der Waals surface area contributed by atoms with Crippen LogP contribution in [0.1, 0.15) is 40.0 Å². The molecule has 0 aromatic carbocycles. The first kappa shape index (κ1) is 14.5. The first-order chi connectivity index (χ1) is 6.66. The fourth-order valence-electron chi connectivity index (χ4n) is 1.66. The monoisotopic (exact) mass is 194 g/mol. The summed E-state index contributed by atoms with van der Waals surface area (Å²) in [7, 11) is 0. The molecule has 0 fully saturated rings. The SMILES string of the molecule is [Li][CH](C)CC(C)CCCOCOCC. The minimum absolute atomic E-state index is 0.453. The van der Waals surface area contributed by atoms with Gasteiger partial charge in [-0.3, -0.25) is 0 Å². The Morgan fingerprint density at radius 3 is 2.50 bits per heavy atom. The molecule has 0 aliphatic rings. The summed E-state index contributed by atoms with van der Waals surface area (Å²) < 4.78 is 11.2. The average Bonchev–Trinajstić information content (AvgIpc) is 2.10. The van der Waals surface area contributed by atoms with Crippen LogP contribution in [0.3, 0.4) is 0 Å². The summed E-state index contributed by atoms with van der Waals surface area (Å²) in [6.45, 7) is 8.61. The molecule has 0 N–H and O–H groups in total. The zero-order valence-corrected chi connectivity index (χ0v) is 10.2. The van der Waals surface area contributed by atoms with E-state index >= 15 is 0 Å². The molecule has 2 unspecified atom stereocenters. The summed E-state index contributed by atoms with van der Waals surface area (Å²) in [4.78, 5) is 0. The molecule has 0 rings (SSSR count). The van der Waals surface area contributed by atoms with Gasteiger partial charge in [0.2, 0.25) is 0 Å². The van der Waals surface area contributed by atoms with E-state index in [0.717, 1.165) is 30.1 Å². The summed E-state index contributed by atoms with van der Waals surface area (Å²) in [6, 6.07) is 0. The van der Waals surface area contributed by atoms with Gasteiger partial charge in [-0.05, 0) is 0 Å². The molecular weight excluding hydrogens is 171 g/mol. The van der Waals surface area contributed by atoms with Gasteiger partial charge in [0.05, 0.1) is 0 Å². The average molecular weight is 194 g/mol. The molecule has 0 radical (unpaired) electrons. The van der Waals surface area contributed by atoms with Gasteiger partial charge < -0.3 is 0 Å². The maximum absolute atomic E-state index is 5.31. The fraction of sp³-hybridized carbons (Fsp3) is 1.00. The van der Waals surface area contributed by atoms with Crippen LogP contribution in [0.2, 0.25) is 4.59 Å². The molecule has 0 aliphatic carbocycles. The van der Waals surface area contributed by atoms with Crippen molar-refractivity contribution in [3.8, 4) is 0 Å². The van der Waals surface area contributed by atoms with E-state index < -0.39 is 0 Å². The van der Waals surface area contributed by atoms with Gasteiger partial charge in [0.1, 0.15) is 0 Å². The molecule has 0 heterocycles. The van der Waals surface area contributed by atoms with Crippen molar-refractivity contribution in [2.45, 2.75) is 44.6 Å². The van der Waals surface area contributed by atoms with Crippen molar-refractivity contribution < 1.29 is 9.47 Å². The van der Waals surface area contributed by atoms with Gasteiger partial charge >= 0.3 is 97.7 Å². The molecule has 2 nitrogen and oxygen atoms in total. The van der Waals surface area contributed by atoms with Crippen LogP contribution in [0.5, 0.6) is 0 Å². The van der Waals surface area contributed by atoms with Crippen LogP contribution >= 0.6 is 0 Å². The fourth-order valence-corrected chi connectivity index (χ4v) is 1.66. The summed E-state index contributed by atoms with van der Waals surface area (Å²) in [6.07, 6.45) is 3.75. The molecule has 3 heteroatoms. The zero-order chi connectivity index (χ0) is 10.8. The van der Waals surface area contributed by atoms with Gasteiger partial charge in [0, 0.05) is 0 Å². The molecule has 80 valence electrons. The van der Waals surface area contributed by atoms with Crippen molar-refractivity contribution in [2.24, 2.45) is 5.92 Å². The van der Waals surface area contributed by atoms with Crippen molar-refractivity contribution in [1.82, 2.24) is 0 Å². The normalized spacial score (nSPS) is 15.5. The second kappa shape index (κ2) is 10.0. The topological polar surface area (TPSA) is 18.5 Å². The van der Waals surface area contributed by atoms with Crippen LogP contribution in [0.15, 0.2) is 0 Å². The molecule has 0 aromatic rings. The first-order valence-electron chi connectivity index (χ1n) is 5.82. The molecule has 0 bridgehead atoms. The van der Waals surface area contributed by atoms with Crippen molar-refractivity contribution in [1.29, 1.82) is 0 Å². The number of ether oxygens (including phenoxy) is 2. The minimum atomic E-state index is 0.453. The summed E-state index contributed by atoms with van der Waals surface area (Å²) in [5.74, 6) is 0.825. The Balaban J connectivity index is 3.10. The number of rotatable bonds is 9. The van der Waals surface area contributed by atoms with Gasteiger partial charge in [-0.15, -0.1) is 0 Å².